The number of piperidine rings is 1. The number of fused-ring (bicyclic) bond motifs is 1. The van der Waals surface area contributed by atoms with Gasteiger partial charge in [0.1, 0.15) is 10.5 Å². The summed E-state index contributed by atoms with van der Waals surface area (Å²) in [7, 11) is 0.105. The van der Waals surface area contributed by atoms with Crippen LogP contribution in [0.4, 0.5) is 0 Å². The zero-order valence-corrected chi connectivity index (χ0v) is 23.4. The number of nitrogens with zero attached hydrogens (tertiary/aromatic N) is 3. The molecule has 1 saturated heterocycles. The second kappa shape index (κ2) is 12.7. The second-order valence-electron chi connectivity index (χ2n) is 9.92. The summed E-state index contributed by atoms with van der Waals surface area (Å²) < 4.78 is 28.9. The summed E-state index contributed by atoms with van der Waals surface area (Å²) in [5.41, 5.74) is 6.73. The zero-order chi connectivity index (χ0) is 28.0. The van der Waals surface area contributed by atoms with E-state index in [0.717, 1.165) is 22.9 Å². The molecule has 10 heteroatoms. The van der Waals surface area contributed by atoms with E-state index < -0.39 is 21.5 Å². The lowest BCUT2D eigenvalue weighted by molar-refractivity contribution is -0.121. The SMILES string of the molecule is COCCN1CCC(C(N)=O)(S(=O)c2ccc(OCCCc3nc(-c4cccc5ccccc45)no3)cc2)CC1. The Morgan fingerprint density at radius 1 is 1.05 bits per heavy atom. The number of rotatable bonds is 12. The molecule has 2 N–H and O–H groups in total. The largest absolute Gasteiger partial charge is 0.494 e. The number of primary amides is 1. The van der Waals surface area contributed by atoms with Crippen molar-refractivity contribution in [1.82, 2.24) is 15.0 Å². The van der Waals surface area contributed by atoms with Gasteiger partial charge in [-0.2, -0.15) is 4.98 Å². The number of carbonyl (C=O) groups is 1. The molecule has 0 radical (unpaired) electrons. The molecule has 1 amide bonds. The number of amides is 1. The fourth-order valence-corrected chi connectivity index (χ4v) is 6.64. The van der Waals surface area contributed by atoms with Gasteiger partial charge in [-0.3, -0.25) is 9.00 Å². The van der Waals surface area contributed by atoms with Crippen LogP contribution in [0.5, 0.6) is 5.75 Å². The molecule has 1 atom stereocenters. The van der Waals surface area contributed by atoms with Crippen molar-refractivity contribution >= 4 is 27.5 Å². The minimum Gasteiger partial charge on any atom is -0.494 e. The molecule has 0 saturated carbocycles. The molecule has 1 fully saturated rings. The predicted octanol–water partition coefficient (Wildman–Crippen LogP) is 3.98. The molecule has 40 heavy (non-hydrogen) atoms. The Hall–Kier alpha value is -3.60. The Balaban J connectivity index is 1.13. The van der Waals surface area contributed by atoms with Crippen molar-refractivity contribution in [2.45, 2.75) is 35.3 Å². The van der Waals surface area contributed by atoms with Gasteiger partial charge in [-0.15, -0.1) is 0 Å². The van der Waals surface area contributed by atoms with Crippen molar-refractivity contribution in [3.8, 4) is 17.1 Å². The lowest BCUT2D eigenvalue weighted by atomic mass is 9.95. The summed E-state index contributed by atoms with van der Waals surface area (Å²) in [6, 6.07) is 21.2. The smallest absolute Gasteiger partial charge is 0.236 e. The van der Waals surface area contributed by atoms with Crippen LogP contribution < -0.4 is 10.5 Å². The highest BCUT2D eigenvalue weighted by Crippen LogP contribution is 2.33. The number of aryl methyl sites for hydroxylation is 1. The summed E-state index contributed by atoms with van der Waals surface area (Å²) in [6.45, 7) is 3.17. The first-order valence-electron chi connectivity index (χ1n) is 13.5. The lowest BCUT2D eigenvalue weighted by Gasteiger charge is -2.38. The maximum Gasteiger partial charge on any atom is 0.236 e. The third-order valence-electron chi connectivity index (χ3n) is 7.42. The number of aromatic nitrogens is 2. The highest BCUT2D eigenvalue weighted by molar-refractivity contribution is 7.87. The van der Waals surface area contributed by atoms with Gasteiger partial charge in [0.2, 0.25) is 17.6 Å². The van der Waals surface area contributed by atoms with E-state index in [9.17, 15) is 9.00 Å². The van der Waals surface area contributed by atoms with E-state index in [1.165, 1.54) is 0 Å². The van der Waals surface area contributed by atoms with Crippen LogP contribution in [0.15, 0.2) is 76.1 Å². The minimum absolute atomic E-state index is 0.453. The Kier molecular flexibility index (Phi) is 8.88. The summed E-state index contributed by atoms with van der Waals surface area (Å²) >= 11 is 0. The van der Waals surface area contributed by atoms with Gasteiger partial charge in [0, 0.05) is 43.6 Å². The number of benzene rings is 3. The van der Waals surface area contributed by atoms with Crippen LogP contribution in [-0.2, 0) is 26.8 Å². The van der Waals surface area contributed by atoms with E-state index in [0.29, 0.717) is 74.3 Å². The minimum atomic E-state index is -1.56. The van der Waals surface area contributed by atoms with Gasteiger partial charge in [-0.25, -0.2) is 0 Å². The molecule has 2 heterocycles. The number of nitrogens with two attached hydrogens (primary N) is 1. The van der Waals surface area contributed by atoms with Crippen LogP contribution in [-0.4, -0.2) is 69.9 Å². The molecule has 5 rings (SSSR count). The molecule has 9 nitrogen and oxygen atoms in total. The van der Waals surface area contributed by atoms with Gasteiger partial charge < -0.3 is 24.6 Å². The number of likely N-dealkylation sites (tertiary alicyclic amines) is 1. The van der Waals surface area contributed by atoms with E-state index in [1.807, 2.05) is 24.3 Å². The normalized spacial score (nSPS) is 16.1. The van der Waals surface area contributed by atoms with Crippen molar-refractivity contribution in [2.75, 3.05) is 40.0 Å². The van der Waals surface area contributed by atoms with Gasteiger partial charge in [0.05, 0.1) is 24.0 Å². The molecule has 0 aliphatic carbocycles. The molecule has 1 aliphatic rings. The average molecular weight is 563 g/mol. The predicted molar refractivity (Wildman–Crippen MR) is 153 cm³/mol. The number of carbonyl (C=O) groups excluding carboxylic acids is 1. The molecule has 0 bridgehead atoms. The van der Waals surface area contributed by atoms with Crippen LogP contribution >= 0.6 is 0 Å². The fourth-order valence-electron chi connectivity index (χ4n) is 5.07. The van der Waals surface area contributed by atoms with E-state index in [-0.39, 0.29) is 0 Å². The molecule has 1 unspecified atom stereocenters. The molecule has 1 aromatic heterocycles. The number of ether oxygens (including phenoxy) is 2. The van der Waals surface area contributed by atoms with Gasteiger partial charge in [-0.05, 0) is 54.3 Å². The molecule has 3 aromatic carbocycles. The van der Waals surface area contributed by atoms with Crippen molar-refractivity contribution in [2.24, 2.45) is 5.73 Å². The number of methoxy groups -OCH3 is 1. The fraction of sp³-hybridized carbons (Fsp3) is 0.367. The second-order valence-corrected chi connectivity index (χ2v) is 11.7. The summed E-state index contributed by atoms with van der Waals surface area (Å²) in [5.74, 6) is 1.28. The summed E-state index contributed by atoms with van der Waals surface area (Å²) in [4.78, 5) is 19.8. The van der Waals surface area contributed by atoms with Crippen LogP contribution in [0.3, 0.4) is 0 Å². The topological polar surface area (TPSA) is 121 Å². The van der Waals surface area contributed by atoms with Crippen LogP contribution in [0.25, 0.3) is 22.2 Å². The first kappa shape index (κ1) is 27.9. The monoisotopic (exact) mass is 562 g/mol. The first-order chi connectivity index (χ1) is 19.5. The number of hydrogen-bond acceptors (Lipinski definition) is 8. The van der Waals surface area contributed by atoms with Gasteiger partial charge in [-0.1, -0.05) is 47.6 Å². The third-order valence-corrected chi connectivity index (χ3v) is 9.44. The molecule has 4 aromatic rings. The third kappa shape index (κ3) is 6.09. The highest BCUT2D eigenvalue weighted by Gasteiger charge is 2.46. The quantitative estimate of drug-likeness (QED) is 0.258. The maximum atomic E-state index is 13.5. The van der Waals surface area contributed by atoms with Crippen LogP contribution in [0, 0.1) is 0 Å². The molecular weight excluding hydrogens is 528 g/mol. The molecule has 1 aliphatic heterocycles. The average Bonchev–Trinajstić information content (AvgIpc) is 3.47. The van der Waals surface area contributed by atoms with E-state index in [2.05, 4.69) is 33.2 Å². The number of hydrogen-bond donors (Lipinski definition) is 1. The van der Waals surface area contributed by atoms with Crippen LogP contribution in [0.2, 0.25) is 0 Å². The van der Waals surface area contributed by atoms with Crippen molar-refractivity contribution < 1.29 is 23.0 Å². The molecule has 210 valence electrons. The van der Waals surface area contributed by atoms with E-state index in [4.69, 9.17) is 19.7 Å². The summed E-state index contributed by atoms with van der Waals surface area (Å²) in [5, 5.41) is 6.39. The van der Waals surface area contributed by atoms with Gasteiger partial charge in [0.15, 0.2) is 0 Å². The van der Waals surface area contributed by atoms with E-state index in [1.54, 1.807) is 31.4 Å². The van der Waals surface area contributed by atoms with Gasteiger partial charge in [0.25, 0.3) is 0 Å². The van der Waals surface area contributed by atoms with Crippen molar-refractivity contribution in [1.29, 1.82) is 0 Å². The summed E-state index contributed by atoms with van der Waals surface area (Å²) in [6.07, 6.45) is 2.18. The standard InChI is InChI=1S/C30H34N4O5S/c1-37-21-19-34-17-15-30(16-18-34,29(31)35)40(36)24-13-11-23(12-14-24)38-20-5-10-27-32-28(33-39-27)26-9-4-7-22-6-2-3-8-25(22)26/h2-4,6-9,11-14H,5,10,15-21H2,1H3,(H2,31,35). The highest BCUT2D eigenvalue weighted by atomic mass is 32.2. The Labute approximate surface area is 236 Å². The Bertz CT molecular complexity index is 1460. The van der Waals surface area contributed by atoms with E-state index >= 15 is 0 Å². The Morgan fingerprint density at radius 2 is 1.80 bits per heavy atom. The van der Waals surface area contributed by atoms with Crippen LogP contribution in [0.1, 0.15) is 25.2 Å². The maximum absolute atomic E-state index is 13.5. The van der Waals surface area contributed by atoms with Crippen molar-refractivity contribution in [3.05, 3.63) is 72.6 Å². The first-order valence-corrected chi connectivity index (χ1v) is 14.6. The lowest BCUT2D eigenvalue weighted by Crippen LogP contribution is -2.55. The molecular formula is C30H34N4O5S. The Morgan fingerprint density at radius 3 is 2.55 bits per heavy atom. The van der Waals surface area contributed by atoms with Crippen molar-refractivity contribution in [3.63, 3.8) is 0 Å². The molecule has 0 spiro atoms. The van der Waals surface area contributed by atoms with Gasteiger partial charge >= 0.3 is 0 Å². The zero-order valence-electron chi connectivity index (χ0n) is 22.6.